The van der Waals surface area contributed by atoms with E-state index in [9.17, 15) is 53.4 Å². The average Bonchev–Trinajstić information content (AvgIpc) is 3.83. The highest BCUT2D eigenvalue weighted by atomic mass is 33.1. The molecule has 0 radical (unpaired) electrons. The Labute approximate surface area is 451 Å². The van der Waals surface area contributed by atoms with Crippen molar-refractivity contribution in [1.82, 2.24) is 47.5 Å². The summed E-state index contributed by atoms with van der Waals surface area (Å²) < 4.78 is 0. The largest absolute Gasteiger partial charge is 0.480 e. The number of aliphatic hydroxyl groups is 1. The highest BCUT2D eigenvalue weighted by Crippen LogP contribution is 2.24. The molecule has 9 atom stereocenters. The number of aromatic amines is 1. The fourth-order valence-corrected chi connectivity index (χ4v) is 10.4. The molecule has 15 N–H and O–H groups in total. The molecule has 0 aliphatic carbocycles. The molecule has 0 unspecified atom stereocenters. The van der Waals surface area contributed by atoms with Gasteiger partial charge in [0.15, 0.2) is 6.17 Å². The highest BCUT2D eigenvalue weighted by Gasteiger charge is 2.37. The van der Waals surface area contributed by atoms with Gasteiger partial charge in [-0.3, -0.25) is 38.4 Å². The van der Waals surface area contributed by atoms with Crippen LogP contribution >= 0.6 is 21.6 Å². The quantitative estimate of drug-likeness (QED) is 0.0658. The molecule has 8 amide bonds. The van der Waals surface area contributed by atoms with Gasteiger partial charge in [-0.25, -0.2) is 4.79 Å². The first-order valence-corrected chi connectivity index (χ1v) is 27.2. The molecule has 1 saturated heterocycles. The first-order valence-electron chi connectivity index (χ1n) is 24.7. The van der Waals surface area contributed by atoms with E-state index in [0.29, 0.717) is 33.2 Å². The van der Waals surface area contributed by atoms with Crippen LogP contribution in [0.1, 0.15) is 35.6 Å². The number of hydrogen-bond donors (Lipinski definition) is 13. The lowest BCUT2D eigenvalue weighted by molar-refractivity contribution is -0.141. The van der Waals surface area contributed by atoms with Gasteiger partial charge in [0.05, 0.1) is 12.1 Å². The molecular weight excluding hydrogens is 1030 g/mol. The van der Waals surface area contributed by atoms with Crippen molar-refractivity contribution in [2.75, 3.05) is 18.1 Å². The third kappa shape index (κ3) is 17.6. The van der Waals surface area contributed by atoms with Crippen LogP contribution in [-0.4, -0.2) is 141 Å². The molecule has 2 heterocycles. The maximum atomic E-state index is 14.8. The standard InChI is InChI=1S/C53H63N11O11S2/c1-30(65)44-51(72)60-40(25-33-17-9-4-10-18-33)49(70)61-42(53(74)75)29-77-76-28-36(55)46(67)57-38(23-31-13-5-2-6-14-31)47(68)58-39(24-32-15-7-3-8-16-32)48(69)59-41(26-34-27-56-37-20-12-11-19-35(34)37)50(71)64-45(52(73)63-44)62-43(66)21-22-54/h2-20,27,30,36,38-42,44-45,56,65H,21-26,28-29,54-55H2,1H3,(H,57,67)(H,58,68)(H,59,69)(H,60,72)(H,61,70)(H,62,66)(H,63,73)(H,64,71)(H,74,75)/t30-,36+,38+,39+,40+,41-,42+,44+,45-/m1/s1. The minimum absolute atomic E-state index is 0.0424. The molecule has 1 fully saturated rings. The number of nitrogens with one attached hydrogen (secondary N) is 9. The van der Waals surface area contributed by atoms with E-state index in [-0.39, 0.29) is 50.2 Å². The van der Waals surface area contributed by atoms with Crippen molar-refractivity contribution in [3.05, 3.63) is 144 Å². The summed E-state index contributed by atoms with van der Waals surface area (Å²) >= 11 is 0. The van der Waals surface area contributed by atoms with E-state index in [1.54, 1.807) is 121 Å². The van der Waals surface area contributed by atoms with Gasteiger partial charge in [-0.05, 0) is 35.2 Å². The number of fused-ring (bicyclic) bond motifs is 1. The molecule has 0 bridgehead atoms. The van der Waals surface area contributed by atoms with Crippen molar-refractivity contribution in [3.8, 4) is 0 Å². The number of para-hydroxylation sites is 1. The van der Waals surface area contributed by atoms with Crippen molar-refractivity contribution < 1.29 is 53.4 Å². The minimum atomic E-state index is -1.99. The molecule has 1 aliphatic heterocycles. The summed E-state index contributed by atoms with van der Waals surface area (Å²) in [5.74, 6) is -9.22. The molecule has 1 aliphatic rings. The first kappa shape index (κ1) is 58.5. The second-order valence-corrected chi connectivity index (χ2v) is 20.8. The molecule has 1 aromatic heterocycles. The van der Waals surface area contributed by atoms with Crippen LogP contribution in [0.5, 0.6) is 0 Å². The summed E-state index contributed by atoms with van der Waals surface area (Å²) in [5, 5.41) is 42.3. The van der Waals surface area contributed by atoms with Crippen LogP contribution in [0, 0.1) is 0 Å². The van der Waals surface area contributed by atoms with Gasteiger partial charge in [-0.2, -0.15) is 0 Å². The van der Waals surface area contributed by atoms with Gasteiger partial charge in [0, 0.05) is 67.3 Å². The fraction of sp³-hybridized carbons (Fsp3) is 0.340. The maximum Gasteiger partial charge on any atom is 0.327 e. The third-order valence-corrected chi connectivity index (χ3v) is 14.7. The van der Waals surface area contributed by atoms with E-state index in [2.05, 4.69) is 47.5 Å². The maximum absolute atomic E-state index is 14.8. The molecule has 77 heavy (non-hydrogen) atoms. The Morgan fingerprint density at radius 2 is 1.04 bits per heavy atom. The minimum Gasteiger partial charge on any atom is -0.480 e. The van der Waals surface area contributed by atoms with Crippen molar-refractivity contribution in [1.29, 1.82) is 0 Å². The topological polar surface area (TPSA) is 358 Å². The van der Waals surface area contributed by atoms with Gasteiger partial charge in [0.2, 0.25) is 41.4 Å². The second kappa shape index (κ2) is 28.9. The number of carbonyl (C=O) groups excluding carboxylic acids is 8. The van der Waals surface area contributed by atoms with E-state index in [4.69, 9.17) is 11.5 Å². The molecule has 408 valence electrons. The van der Waals surface area contributed by atoms with Crippen LogP contribution in [0.25, 0.3) is 10.9 Å². The molecule has 6 rings (SSSR count). The second-order valence-electron chi connectivity index (χ2n) is 18.2. The molecule has 4 aromatic carbocycles. The number of H-pyrrole nitrogens is 1. The lowest BCUT2D eigenvalue weighted by Gasteiger charge is -2.29. The number of benzene rings is 4. The number of aliphatic carboxylic acids is 1. The van der Waals surface area contributed by atoms with Crippen LogP contribution in [-0.2, 0) is 68.8 Å². The number of hydrogen-bond acceptors (Lipinski definition) is 14. The molecule has 24 heteroatoms. The number of aliphatic hydroxyl groups excluding tert-OH is 1. The van der Waals surface area contributed by atoms with E-state index in [1.165, 1.54) is 6.92 Å². The van der Waals surface area contributed by atoms with E-state index in [1.807, 2.05) is 0 Å². The normalized spacial score (nSPS) is 23.4. The Hall–Kier alpha value is -7.77. The summed E-state index contributed by atoms with van der Waals surface area (Å²) in [5.41, 5.74) is 15.1. The number of aromatic nitrogens is 1. The van der Waals surface area contributed by atoms with Gasteiger partial charge in [-0.15, -0.1) is 0 Å². The lowest BCUT2D eigenvalue weighted by Crippen LogP contribution is -2.65. The molecule has 0 spiro atoms. The van der Waals surface area contributed by atoms with Crippen LogP contribution in [0.15, 0.2) is 121 Å². The number of carboxylic acid groups (broad SMARTS) is 1. The van der Waals surface area contributed by atoms with Gasteiger partial charge >= 0.3 is 5.97 Å². The molecule has 5 aromatic rings. The number of carboxylic acids is 1. The van der Waals surface area contributed by atoms with E-state index < -0.39 is 108 Å². The number of carbonyl (C=O) groups is 9. The van der Waals surface area contributed by atoms with Gasteiger partial charge in [-0.1, -0.05) is 131 Å². The van der Waals surface area contributed by atoms with E-state index in [0.717, 1.165) is 21.6 Å². The number of amides is 8. The Kier molecular flexibility index (Phi) is 22.0. The van der Waals surface area contributed by atoms with Crippen LogP contribution in [0.4, 0.5) is 0 Å². The summed E-state index contributed by atoms with van der Waals surface area (Å²) in [4.78, 5) is 129. The fourth-order valence-electron chi connectivity index (χ4n) is 8.17. The summed E-state index contributed by atoms with van der Waals surface area (Å²) in [6.45, 7) is 0.997. The van der Waals surface area contributed by atoms with Crippen LogP contribution in [0.2, 0.25) is 0 Å². The van der Waals surface area contributed by atoms with E-state index >= 15 is 0 Å². The third-order valence-electron chi connectivity index (χ3n) is 12.3. The summed E-state index contributed by atoms with van der Waals surface area (Å²) in [6.07, 6.45) is -2.89. The number of nitrogens with two attached hydrogens (primary N) is 2. The average molecular weight is 1090 g/mol. The Morgan fingerprint density at radius 3 is 1.56 bits per heavy atom. The highest BCUT2D eigenvalue weighted by molar-refractivity contribution is 8.76. The lowest BCUT2D eigenvalue weighted by atomic mass is 10.0. The SMILES string of the molecule is C[C@@H](O)[C@@H]1NC(=O)[C@H](NC(=O)CCN)NC(=O)[C@@H](Cc2c[nH]c3ccccc23)NC(=O)[C@H](Cc2ccccc2)NC(=O)[C@H](Cc2ccccc2)NC(=O)[C@@H](N)CSSC[C@@H](C(=O)O)NC(=O)[C@H](Cc2ccccc2)NC1=O. The zero-order valence-electron chi connectivity index (χ0n) is 41.9. The van der Waals surface area contributed by atoms with Crippen molar-refractivity contribution in [3.63, 3.8) is 0 Å². The predicted molar refractivity (Wildman–Crippen MR) is 290 cm³/mol. The zero-order chi connectivity index (χ0) is 55.4. The summed E-state index contributed by atoms with van der Waals surface area (Å²) in [6, 6.07) is 22.6. The molecular formula is C53H63N11O11S2. The summed E-state index contributed by atoms with van der Waals surface area (Å²) in [7, 11) is 2.02. The molecule has 22 nitrogen and oxygen atoms in total. The number of rotatable bonds is 13. The van der Waals surface area contributed by atoms with Gasteiger partial charge < -0.3 is 69.2 Å². The Bertz CT molecular complexity index is 2850. The molecule has 0 saturated carbocycles. The predicted octanol–water partition coefficient (Wildman–Crippen LogP) is -0.558. The Balaban J connectivity index is 1.41. The smallest absolute Gasteiger partial charge is 0.327 e. The zero-order valence-corrected chi connectivity index (χ0v) is 43.6. The monoisotopic (exact) mass is 1090 g/mol. The van der Waals surface area contributed by atoms with Gasteiger partial charge in [0.25, 0.3) is 5.91 Å². The van der Waals surface area contributed by atoms with Crippen LogP contribution in [0.3, 0.4) is 0 Å². The van der Waals surface area contributed by atoms with Gasteiger partial charge in [0.1, 0.15) is 36.3 Å². The van der Waals surface area contributed by atoms with Crippen molar-refractivity contribution >= 4 is 85.7 Å². The Morgan fingerprint density at radius 1 is 0.584 bits per heavy atom. The van der Waals surface area contributed by atoms with Crippen LogP contribution < -0.4 is 54.0 Å². The van der Waals surface area contributed by atoms with Crippen molar-refractivity contribution in [2.45, 2.75) is 93.6 Å². The first-order chi connectivity index (χ1) is 37.0. The van der Waals surface area contributed by atoms with Crippen molar-refractivity contribution in [2.24, 2.45) is 11.5 Å².